The number of hydrazone groups is 1. The Hall–Kier alpha value is -2.46. The van der Waals surface area contributed by atoms with Crippen LogP contribution in [0.3, 0.4) is 0 Å². The van der Waals surface area contributed by atoms with Crippen LogP contribution < -0.4 is 4.72 Å². The molecule has 1 heterocycles. The normalized spacial score (nSPS) is 17.3. The Morgan fingerprint density at radius 2 is 1.76 bits per heavy atom. The SMILES string of the molecule is CCCS(=O)(=O)N1N=C(c2ccc(NS(C)(=O)=O)cc2)C[C@@H]1c1ccccc1F. The maximum absolute atomic E-state index is 14.4. The van der Waals surface area contributed by atoms with Gasteiger partial charge in [-0.25, -0.2) is 21.2 Å². The van der Waals surface area contributed by atoms with Crippen LogP contribution in [0, 0.1) is 5.82 Å². The third kappa shape index (κ3) is 4.94. The van der Waals surface area contributed by atoms with E-state index in [-0.39, 0.29) is 17.7 Å². The van der Waals surface area contributed by atoms with Crippen LogP contribution in [0.15, 0.2) is 53.6 Å². The zero-order chi connectivity index (χ0) is 21.2. The molecule has 1 atom stereocenters. The minimum Gasteiger partial charge on any atom is -0.284 e. The van der Waals surface area contributed by atoms with Gasteiger partial charge in [-0.15, -0.1) is 0 Å². The first-order valence-corrected chi connectivity index (χ1v) is 12.5. The lowest BCUT2D eigenvalue weighted by atomic mass is 9.99. The van der Waals surface area contributed by atoms with E-state index in [0.29, 0.717) is 23.4 Å². The molecule has 1 N–H and O–H groups in total. The number of rotatable bonds is 7. The third-order valence-corrected chi connectivity index (χ3v) is 6.84. The lowest BCUT2D eigenvalue weighted by Gasteiger charge is -2.23. The van der Waals surface area contributed by atoms with E-state index in [1.807, 2.05) is 0 Å². The molecule has 0 spiro atoms. The van der Waals surface area contributed by atoms with Crippen LogP contribution in [0.25, 0.3) is 0 Å². The smallest absolute Gasteiger partial charge is 0.250 e. The van der Waals surface area contributed by atoms with Gasteiger partial charge in [-0.05, 0) is 30.2 Å². The van der Waals surface area contributed by atoms with Crippen LogP contribution in [0.5, 0.6) is 0 Å². The molecule has 0 saturated carbocycles. The monoisotopic (exact) mass is 439 g/mol. The third-order valence-electron chi connectivity index (χ3n) is 4.41. The first-order chi connectivity index (χ1) is 13.6. The molecule has 3 rings (SSSR count). The molecule has 7 nitrogen and oxygen atoms in total. The average Bonchev–Trinajstić information content (AvgIpc) is 3.07. The van der Waals surface area contributed by atoms with E-state index in [2.05, 4.69) is 9.82 Å². The summed E-state index contributed by atoms with van der Waals surface area (Å²) in [4.78, 5) is 0. The van der Waals surface area contributed by atoms with E-state index >= 15 is 0 Å². The van der Waals surface area contributed by atoms with Gasteiger partial charge in [0.25, 0.3) is 0 Å². The van der Waals surface area contributed by atoms with E-state index in [1.165, 1.54) is 6.07 Å². The topological polar surface area (TPSA) is 95.9 Å². The quantitative estimate of drug-likeness (QED) is 0.717. The number of halogens is 1. The first-order valence-electron chi connectivity index (χ1n) is 9.03. The van der Waals surface area contributed by atoms with Crippen molar-refractivity contribution in [3.05, 3.63) is 65.5 Å². The lowest BCUT2D eigenvalue weighted by molar-refractivity contribution is 0.362. The molecule has 1 aliphatic heterocycles. The average molecular weight is 440 g/mol. The molecule has 0 saturated heterocycles. The summed E-state index contributed by atoms with van der Waals surface area (Å²) in [6, 6.07) is 11.7. The Balaban J connectivity index is 1.97. The van der Waals surface area contributed by atoms with E-state index in [9.17, 15) is 21.2 Å². The second-order valence-electron chi connectivity index (χ2n) is 6.83. The number of anilines is 1. The van der Waals surface area contributed by atoms with Gasteiger partial charge in [-0.3, -0.25) is 4.72 Å². The summed E-state index contributed by atoms with van der Waals surface area (Å²) < 4.78 is 65.9. The van der Waals surface area contributed by atoms with Crippen molar-refractivity contribution in [3.63, 3.8) is 0 Å². The molecule has 0 fully saturated rings. The fourth-order valence-corrected chi connectivity index (χ4v) is 5.26. The second kappa shape index (κ2) is 8.11. The van der Waals surface area contributed by atoms with Gasteiger partial charge in [-0.2, -0.15) is 9.52 Å². The summed E-state index contributed by atoms with van der Waals surface area (Å²) >= 11 is 0. The highest BCUT2D eigenvalue weighted by molar-refractivity contribution is 7.92. The fourth-order valence-electron chi connectivity index (χ4n) is 3.19. The van der Waals surface area contributed by atoms with Crippen molar-refractivity contribution < 1.29 is 21.2 Å². The maximum atomic E-state index is 14.4. The minimum absolute atomic E-state index is 0.0913. The van der Waals surface area contributed by atoms with Crippen LogP contribution >= 0.6 is 0 Å². The summed E-state index contributed by atoms with van der Waals surface area (Å²) in [6.45, 7) is 1.75. The molecule has 10 heteroatoms. The molecule has 0 aromatic heterocycles. The van der Waals surface area contributed by atoms with Crippen LogP contribution in [-0.2, 0) is 20.0 Å². The second-order valence-corrected chi connectivity index (χ2v) is 10.5. The van der Waals surface area contributed by atoms with Gasteiger partial charge in [-0.1, -0.05) is 37.3 Å². The van der Waals surface area contributed by atoms with Gasteiger partial charge in [0.2, 0.25) is 20.0 Å². The van der Waals surface area contributed by atoms with Gasteiger partial charge >= 0.3 is 0 Å². The summed E-state index contributed by atoms with van der Waals surface area (Å²) in [5, 5.41) is 4.31. The Morgan fingerprint density at radius 1 is 1.10 bits per heavy atom. The van der Waals surface area contributed by atoms with E-state index in [0.717, 1.165) is 10.7 Å². The zero-order valence-corrected chi connectivity index (χ0v) is 17.7. The van der Waals surface area contributed by atoms with Crippen molar-refractivity contribution in [2.75, 3.05) is 16.7 Å². The highest BCUT2D eigenvalue weighted by Gasteiger charge is 2.37. The van der Waals surface area contributed by atoms with Crippen molar-refractivity contribution in [2.24, 2.45) is 5.10 Å². The van der Waals surface area contributed by atoms with Crippen molar-refractivity contribution in [1.82, 2.24) is 4.41 Å². The van der Waals surface area contributed by atoms with Gasteiger partial charge < -0.3 is 0 Å². The van der Waals surface area contributed by atoms with Crippen molar-refractivity contribution in [1.29, 1.82) is 0 Å². The van der Waals surface area contributed by atoms with Crippen molar-refractivity contribution in [2.45, 2.75) is 25.8 Å². The van der Waals surface area contributed by atoms with Crippen LogP contribution in [0.1, 0.15) is 36.9 Å². The number of nitrogens with one attached hydrogen (secondary N) is 1. The largest absolute Gasteiger partial charge is 0.284 e. The van der Waals surface area contributed by atoms with Gasteiger partial charge in [0.05, 0.1) is 23.8 Å². The summed E-state index contributed by atoms with van der Waals surface area (Å²) in [5.74, 6) is -0.579. The van der Waals surface area contributed by atoms with Crippen molar-refractivity contribution in [3.8, 4) is 0 Å². The molecule has 0 bridgehead atoms. The van der Waals surface area contributed by atoms with Crippen LogP contribution in [-0.4, -0.2) is 39.0 Å². The van der Waals surface area contributed by atoms with Gasteiger partial charge in [0.15, 0.2) is 0 Å². The number of nitrogens with zero attached hydrogens (tertiary/aromatic N) is 2. The van der Waals surface area contributed by atoms with Gasteiger partial charge in [0.1, 0.15) is 5.82 Å². The number of hydrogen-bond donors (Lipinski definition) is 1. The van der Waals surface area contributed by atoms with Crippen molar-refractivity contribution >= 4 is 31.4 Å². The molecule has 0 radical (unpaired) electrons. The highest BCUT2D eigenvalue weighted by Crippen LogP contribution is 2.36. The molecule has 0 unspecified atom stereocenters. The molecule has 0 aliphatic carbocycles. The molecular weight excluding hydrogens is 417 g/mol. The molecule has 29 heavy (non-hydrogen) atoms. The molecule has 1 aliphatic rings. The van der Waals surface area contributed by atoms with E-state index in [1.54, 1.807) is 49.4 Å². The van der Waals surface area contributed by atoms with Gasteiger partial charge in [0, 0.05) is 17.7 Å². The Morgan fingerprint density at radius 3 is 2.34 bits per heavy atom. The predicted molar refractivity (Wildman–Crippen MR) is 111 cm³/mol. The standard InChI is InChI=1S/C19H22FN3O4S2/c1-3-12-29(26,27)23-19(16-6-4-5-7-17(16)20)13-18(21-23)14-8-10-15(11-9-14)22-28(2,24)25/h4-11,19,22H,3,12-13H2,1-2H3/t19-/m1/s1. The number of sulfonamides is 2. The van der Waals surface area contributed by atoms with E-state index in [4.69, 9.17) is 0 Å². The van der Waals surface area contributed by atoms with E-state index < -0.39 is 31.9 Å². The molecule has 2 aromatic rings. The fraction of sp³-hybridized carbons (Fsp3) is 0.316. The Bertz CT molecular complexity index is 1130. The maximum Gasteiger partial charge on any atom is 0.250 e. The number of hydrogen-bond acceptors (Lipinski definition) is 5. The Labute approximate surface area is 170 Å². The summed E-state index contributed by atoms with van der Waals surface area (Å²) in [7, 11) is -7.11. The van der Waals surface area contributed by atoms with Crippen LogP contribution in [0.2, 0.25) is 0 Å². The predicted octanol–water partition coefficient (Wildman–Crippen LogP) is 3.09. The first kappa shape index (κ1) is 21.3. The molecular formula is C19H22FN3O4S2. The Kier molecular flexibility index (Phi) is 5.95. The highest BCUT2D eigenvalue weighted by atomic mass is 32.2. The molecule has 156 valence electrons. The van der Waals surface area contributed by atoms with Crippen LogP contribution in [0.4, 0.5) is 10.1 Å². The molecule has 0 amide bonds. The molecule has 2 aromatic carbocycles. The zero-order valence-electron chi connectivity index (χ0n) is 16.0. The summed E-state index contributed by atoms with van der Waals surface area (Å²) in [5.41, 5.74) is 1.78. The summed E-state index contributed by atoms with van der Waals surface area (Å²) in [6.07, 6.45) is 1.68. The lowest BCUT2D eigenvalue weighted by Crippen LogP contribution is -2.29. The minimum atomic E-state index is -3.71. The number of benzene rings is 2.